The molecule has 1 aromatic rings. The average Bonchev–Trinajstić information content (AvgIpc) is 2.99. The van der Waals surface area contributed by atoms with E-state index in [1.165, 1.54) is 24.8 Å². The smallest absolute Gasteiger partial charge is 0.223 e. The molecule has 0 unspecified atom stereocenters. The Morgan fingerprint density at radius 1 is 1.18 bits per heavy atom. The zero-order valence-electron chi connectivity index (χ0n) is 10.1. The zero-order valence-corrected chi connectivity index (χ0v) is 10.1. The van der Waals surface area contributed by atoms with E-state index in [-0.39, 0.29) is 5.91 Å². The van der Waals surface area contributed by atoms with Crippen LogP contribution in [0.3, 0.4) is 0 Å². The lowest BCUT2D eigenvalue weighted by Gasteiger charge is -2.20. The summed E-state index contributed by atoms with van der Waals surface area (Å²) in [4.78, 5) is 12.1. The Balaban J connectivity index is 1.54. The van der Waals surface area contributed by atoms with Crippen LogP contribution in [0.5, 0.6) is 0 Å². The molecule has 0 radical (unpaired) electrons. The molecule has 1 aromatic carbocycles. The Labute approximate surface area is 102 Å². The van der Waals surface area contributed by atoms with Crippen LogP contribution in [0.1, 0.15) is 31.2 Å². The molecule has 2 heteroatoms. The maximum atomic E-state index is 12.1. The van der Waals surface area contributed by atoms with E-state index in [4.69, 9.17) is 0 Å². The lowest BCUT2D eigenvalue weighted by molar-refractivity contribution is -0.126. The SMILES string of the molecule is O=C(NCc1ccccc1)[C@H]1C[C@H]2CC[C@H]1C2. The third-order valence-corrected chi connectivity index (χ3v) is 4.38. The van der Waals surface area contributed by atoms with Crippen LogP contribution in [-0.4, -0.2) is 5.91 Å². The van der Waals surface area contributed by atoms with Crippen molar-refractivity contribution in [3.63, 3.8) is 0 Å². The van der Waals surface area contributed by atoms with Crippen molar-refractivity contribution in [3.05, 3.63) is 35.9 Å². The molecule has 90 valence electrons. The second kappa shape index (κ2) is 4.52. The molecule has 0 aliphatic heterocycles. The minimum Gasteiger partial charge on any atom is -0.352 e. The molecular weight excluding hydrogens is 210 g/mol. The van der Waals surface area contributed by atoms with Gasteiger partial charge in [-0.05, 0) is 36.7 Å². The zero-order chi connectivity index (χ0) is 11.7. The number of hydrogen-bond acceptors (Lipinski definition) is 1. The van der Waals surface area contributed by atoms with Gasteiger partial charge in [0.15, 0.2) is 0 Å². The summed E-state index contributed by atoms with van der Waals surface area (Å²) < 4.78 is 0. The molecule has 2 bridgehead atoms. The van der Waals surface area contributed by atoms with Gasteiger partial charge in [-0.2, -0.15) is 0 Å². The van der Waals surface area contributed by atoms with Crippen molar-refractivity contribution in [3.8, 4) is 0 Å². The number of nitrogens with one attached hydrogen (secondary N) is 1. The van der Waals surface area contributed by atoms with Gasteiger partial charge in [0.2, 0.25) is 5.91 Å². The molecule has 3 rings (SSSR count). The molecule has 2 nitrogen and oxygen atoms in total. The molecule has 0 heterocycles. The molecule has 0 spiro atoms. The summed E-state index contributed by atoms with van der Waals surface area (Å²) in [6.45, 7) is 0.674. The summed E-state index contributed by atoms with van der Waals surface area (Å²) in [7, 11) is 0. The highest BCUT2D eigenvalue weighted by atomic mass is 16.1. The van der Waals surface area contributed by atoms with Crippen molar-refractivity contribution in [2.75, 3.05) is 0 Å². The van der Waals surface area contributed by atoms with Crippen LogP contribution in [0.2, 0.25) is 0 Å². The summed E-state index contributed by atoms with van der Waals surface area (Å²) >= 11 is 0. The molecule has 0 aromatic heterocycles. The molecule has 2 aliphatic carbocycles. The monoisotopic (exact) mass is 229 g/mol. The van der Waals surface area contributed by atoms with Crippen LogP contribution in [0, 0.1) is 17.8 Å². The topological polar surface area (TPSA) is 29.1 Å². The molecule has 1 N–H and O–H groups in total. The summed E-state index contributed by atoms with van der Waals surface area (Å²) in [6, 6.07) is 10.1. The quantitative estimate of drug-likeness (QED) is 0.848. The largest absolute Gasteiger partial charge is 0.352 e. The van der Waals surface area contributed by atoms with E-state index in [9.17, 15) is 4.79 Å². The van der Waals surface area contributed by atoms with Crippen LogP contribution in [0.15, 0.2) is 30.3 Å². The first-order chi connectivity index (χ1) is 8.33. The van der Waals surface area contributed by atoms with Gasteiger partial charge < -0.3 is 5.32 Å². The Kier molecular flexibility index (Phi) is 2.87. The fourth-order valence-corrected chi connectivity index (χ4v) is 3.48. The normalized spacial score (nSPS) is 30.5. The predicted molar refractivity (Wildman–Crippen MR) is 67.2 cm³/mol. The minimum atomic E-state index is 0.279. The minimum absolute atomic E-state index is 0.279. The van der Waals surface area contributed by atoms with Crippen molar-refractivity contribution in [2.24, 2.45) is 17.8 Å². The first-order valence-corrected chi connectivity index (χ1v) is 6.64. The molecule has 2 aliphatic rings. The maximum absolute atomic E-state index is 12.1. The number of benzene rings is 1. The Bertz CT molecular complexity index is 401. The van der Waals surface area contributed by atoms with Gasteiger partial charge in [0.25, 0.3) is 0 Å². The highest BCUT2D eigenvalue weighted by Gasteiger charge is 2.42. The summed E-state index contributed by atoms with van der Waals surface area (Å²) in [5.74, 6) is 2.10. The summed E-state index contributed by atoms with van der Waals surface area (Å²) in [6.07, 6.45) is 5.05. The lowest BCUT2D eigenvalue weighted by Crippen LogP contribution is -2.33. The molecular formula is C15H19NO. The van der Waals surface area contributed by atoms with E-state index in [1.807, 2.05) is 18.2 Å². The predicted octanol–water partition coefficient (Wildman–Crippen LogP) is 2.74. The second-order valence-corrected chi connectivity index (χ2v) is 5.48. The van der Waals surface area contributed by atoms with Gasteiger partial charge in [0.1, 0.15) is 0 Å². The van der Waals surface area contributed by atoms with Gasteiger partial charge in [0, 0.05) is 12.5 Å². The van der Waals surface area contributed by atoms with Gasteiger partial charge in [-0.1, -0.05) is 36.8 Å². The van der Waals surface area contributed by atoms with Crippen LogP contribution in [0.4, 0.5) is 0 Å². The highest BCUT2D eigenvalue weighted by molar-refractivity contribution is 5.79. The fourth-order valence-electron chi connectivity index (χ4n) is 3.48. The Morgan fingerprint density at radius 2 is 2.00 bits per heavy atom. The van der Waals surface area contributed by atoms with Crippen molar-refractivity contribution < 1.29 is 4.79 Å². The van der Waals surface area contributed by atoms with Crippen LogP contribution in [0.25, 0.3) is 0 Å². The van der Waals surface area contributed by atoms with E-state index in [0.717, 1.165) is 12.3 Å². The van der Waals surface area contributed by atoms with E-state index in [1.54, 1.807) is 0 Å². The molecule has 2 fully saturated rings. The Morgan fingerprint density at radius 3 is 2.65 bits per heavy atom. The van der Waals surface area contributed by atoms with E-state index in [0.29, 0.717) is 18.4 Å². The third kappa shape index (κ3) is 2.21. The van der Waals surface area contributed by atoms with Gasteiger partial charge >= 0.3 is 0 Å². The van der Waals surface area contributed by atoms with Crippen molar-refractivity contribution >= 4 is 5.91 Å². The number of hydrogen-bond donors (Lipinski definition) is 1. The number of rotatable bonds is 3. The van der Waals surface area contributed by atoms with Crippen molar-refractivity contribution in [1.29, 1.82) is 0 Å². The number of amides is 1. The van der Waals surface area contributed by atoms with E-state index < -0.39 is 0 Å². The van der Waals surface area contributed by atoms with Gasteiger partial charge in [0.05, 0.1) is 0 Å². The summed E-state index contributed by atoms with van der Waals surface area (Å²) in [5.41, 5.74) is 1.18. The first-order valence-electron chi connectivity index (χ1n) is 6.64. The molecule has 0 saturated heterocycles. The van der Waals surface area contributed by atoms with E-state index >= 15 is 0 Å². The van der Waals surface area contributed by atoms with Crippen molar-refractivity contribution in [1.82, 2.24) is 5.32 Å². The van der Waals surface area contributed by atoms with Gasteiger partial charge in [-0.15, -0.1) is 0 Å². The fraction of sp³-hybridized carbons (Fsp3) is 0.533. The van der Waals surface area contributed by atoms with Crippen molar-refractivity contribution in [2.45, 2.75) is 32.2 Å². The van der Waals surface area contributed by atoms with Gasteiger partial charge in [-0.3, -0.25) is 4.79 Å². The Hall–Kier alpha value is -1.31. The second-order valence-electron chi connectivity index (χ2n) is 5.48. The number of carbonyl (C=O) groups is 1. The van der Waals surface area contributed by atoms with Crippen LogP contribution in [-0.2, 0) is 11.3 Å². The number of fused-ring (bicyclic) bond motifs is 2. The first kappa shape index (κ1) is 10.8. The molecule has 1 amide bonds. The number of carbonyl (C=O) groups excluding carboxylic acids is 1. The van der Waals surface area contributed by atoms with Gasteiger partial charge in [-0.25, -0.2) is 0 Å². The average molecular weight is 229 g/mol. The third-order valence-electron chi connectivity index (χ3n) is 4.38. The molecule has 2 saturated carbocycles. The molecule has 3 atom stereocenters. The molecule has 17 heavy (non-hydrogen) atoms. The van der Waals surface area contributed by atoms with Crippen LogP contribution >= 0.6 is 0 Å². The van der Waals surface area contributed by atoms with Crippen LogP contribution < -0.4 is 5.32 Å². The standard InChI is InChI=1S/C15H19NO/c17-15(14-9-12-6-7-13(14)8-12)16-10-11-4-2-1-3-5-11/h1-5,12-14H,6-10H2,(H,16,17)/t12-,13-,14-/m0/s1. The van der Waals surface area contributed by atoms with E-state index in [2.05, 4.69) is 17.4 Å². The summed E-state index contributed by atoms with van der Waals surface area (Å²) in [5, 5.41) is 3.09. The maximum Gasteiger partial charge on any atom is 0.223 e. The highest BCUT2D eigenvalue weighted by Crippen LogP contribution is 2.48. The lowest BCUT2D eigenvalue weighted by atomic mass is 9.88.